The molecular formula is C72H102N10O14S. The molecule has 1 fully saturated rings. The zero-order valence-corrected chi connectivity index (χ0v) is 59.7. The van der Waals surface area contributed by atoms with Gasteiger partial charge >= 0.3 is 6.09 Å². The standard InChI is InChI=1S/C72H102N10O14S/c1-16-47(8)63(57(94-13)40-59(84)82-38-26-32-56(82)65(95-14)48(9)66(86)75-49(10)64(85)53-30-23-19-24-31-53)80(11)70(90)61(45(4)5)79-69(89)62(46(6)7)81(12)72(91)96-43-51-34-36-54(37-35-51)76-67(87)55(39-50-27-20-17-21-28-50)77-68(88)60(44(2)3)78-58(83)33-25-18-22-29-52-41-73-71(74-42-52)97(15,92)93/h17,19-21,23-24,27-28,30-31,34-37,41-42,44-49,55-57,60-65,85H,16,18,25-26,32-33,38-40,43H2,1-15H3,(H,75,86)(H,76,87)(H,77,88)(H,78,83)(H,79,89)/t47-,48+,49+,55-,56-,57+,60-,61-,62-,63-,64+,65+/m0/s1. The van der Waals surface area contributed by atoms with E-state index < -0.39 is 118 Å². The molecule has 5 rings (SSSR count). The van der Waals surface area contributed by atoms with Gasteiger partial charge in [0, 0.05) is 78.5 Å². The van der Waals surface area contributed by atoms with Crippen molar-refractivity contribution in [3.05, 3.63) is 120 Å². The predicted octanol–water partition coefficient (Wildman–Crippen LogP) is 6.80. The number of carbonyl (C=O) groups excluding carboxylic acids is 8. The molecule has 3 aromatic carbocycles. The van der Waals surface area contributed by atoms with Crippen molar-refractivity contribution in [1.82, 2.24) is 45.9 Å². The van der Waals surface area contributed by atoms with Crippen LogP contribution < -0.4 is 26.6 Å². The first-order valence-corrected chi connectivity index (χ1v) is 35.2. The van der Waals surface area contributed by atoms with Crippen molar-refractivity contribution in [2.45, 2.75) is 193 Å². The molecule has 1 aliphatic heterocycles. The number of methoxy groups -OCH3 is 2. The molecule has 4 aromatic rings. The van der Waals surface area contributed by atoms with E-state index in [4.69, 9.17) is 14.2 Å². The van der Waals surface area contributed by atoms with Crippen LogP contribution in [0.5, 0.6) is 0 Å². The van der Waals surface area contributed by atoms with Gasteiger partial charge in [0.25, 0.3) is 0 Å². The molecule has 8 amide bonds. The maximum Gasteiger partial charge on any atom is 0.410 e. The molecule has 530 valence electrons. The third kappa shape index (κ3) is 23.2. The van der Waals surface area contributed by atoms with Crippen LogP contribution in [0.2, 0.25) is 0 Å². The average Bonchev–Trinajstić information content (AvgIpc) is 1.80. The van der Waals surface area contributed by atoms with Gasteiger partial charge in [0.1, 0.15) is 30.8 Å². The Hall–Kier alpha value is -8.31. The topological polar surface area (TPSA) is 314 Å². The van der Waals surface area contributed by atoms with Crippen LogP contribution in [0.3, 0.4) is 0 Å². The number of hydrogen-bond donors (Lipinski definition) is 6. The fourth-order valence-electron chi connectivity index (χ4n) is 12.0. The van der Waals surface area contributed by atoms with Crippen molar-refractivity contribution in [2.75, 3.05) is 46.4 Å². The summed E-state index contributed by atoms with van der Waals surface area (Å²) in [5, 5.41) is 25.1. The Kier molecular flexibility index (Phi) is 31.1. The first kappa shape index (κ1) is 79.4. The van der Waals surface area contributed by atoms with Crippen LogP contribution in [-0.2, 0) is 70.6 Å². The van der Waals surface area contributed by atoms with Crippen LogP contribution in [0.1, 0.15) is 143 Å². The first-order valence-electron chi connectivity index (χ1n) is 33.3. The molecule has 6 N–H and O–H groups in total. The summed E-state index contributed by atoms with van der Waals surface area (Å²) in [7, 11) is 2.56. The van der Waals surface area contributed by atoms with Crippen LogP contribution in [-0.4, -0.2) is 181 Å². The van der Waals surface area contributed by atoms with Gasteiger partial charge in [-0.2, -0.15) is 0 Å². The molecule has 25 heteroatoms. The minimum Gasteiger partial charge on any atom is -0.445 e. The van der Waals surface area contributed by atoms with Gasteiger partial charge in [-0.25, -0.2) is 23.2 Å². The van der Waals surface area contributed by atoms with Crippen LogP contribution in [0.15, 0.2) is 102 Å². The minimum absolute atomic E-state index is 0.0614. The number of nitrogens with zero attached hydrogens (tertiary/aromatic N) is 5. The lowest BCUT2D eigenvalue weighted by molar-refractivity contribution is -0.148. The van der Waals surface area contributed by atoms with Crippen molar-refractivity contribution in [3.8, 4) is 11.8 Å². The summed E-state index contributed by atoms with van der Waals surface area (Å²) in [4.78, 5) is 125. The van der Waals surface area contributed by atoms with Crippen molar-refractivity contribution < 1.29 is 66.1 Å². The van der Waals surface area contributed by atoms with Crippen molar-refractivity contribution in [1.29, 1.82) is 0 Å². The minimum atomic E-state index is -3.55. The van der Waals surface area contributed by atoms with Gasteiger partial charge in [0.15, 0.2) is 0 Å². The fourth-order valence-corrected chi connectivity index (χ4v) is 12.5. The Labute approximate surface area is 572 Å². The smallest absolute Gasteiger partial charge is 0.410 e. The van der Waals surface area contributed by atoms with Gasteiger partial charge in [0.05, 0.1) is 54.3 Å². The monoisotopic (exact) mass is 1360 g/mol. The number of aliphatic hydroxyl groups excluding tert-OH is 1. The van der Waals surface area contributed by atoms with E-state index in [1.807, 2.05) is 76.2 Å². The van der Waals surface area contributed by atoms with Gasteiger partial charge in [-0.1, -0.05) is 153 Å². The summed E-state index contributed by atoms with van der Waals surface area (Å²) >= 11 is 0. The van der Waals surface area contributed by atoms with Crippen LogP contribution >= 0.6 is 0 Å². The molecule has 1 aliphatic rings. The SMILES string of the molecule is CC[C@H](C)[C@@H]([C@@H](CC(=O)N1CCC[C@H]1[C@H](OC)[C@@H](C)C(=O)N[C@H](C)[C@@H](O)c1ccccc1)OC)N(C)C(=O)[C@@H](NC(=O)[C@H](C(C)C)N(C)C(=O)OCc1ccc(NC(=O)[C@H](Cc2ccccc2)NC(=O)[C@@H](NC(=O)CCCC#Cc2cnc(S(C)(=O)=O)nc2)C(C)C)cc1)C(C)C. The maximum absolute atomic E-state index is 14.8. The van der Waals surface area contributed by atoms with Crippen molar-refractivity contribution in [2.24, 2.45) is 29.6 Å². The Morgan fingerprint density at radius 2 is 1.34 bits per heavy atom. The second-order valence-corrected chi connectivity index (χ2v) is 28.1. The number of sulfone groups is 1. The molecule has 0 radical (unpaired) electrons. The summed E-state index contributed by atoms with van der Waals surface area (Å²) < 4.78 is 41.1. The third-order valence-electron chi connectivity index (χ3n) is 17.7. The summed E-state index contributed by atoms with van der Waals surface area (Å²) in [5.41, 5.74) is 2.79. The van der Waals surface area contributed by atoms with Gasteiger partial charge in [-0.05, 0) is 78.7 Å². The Bertz CT molecular complexity index is 3420. The second-order valence-electron chi connectivity index (χ2n) is 26.2. The number of likely N-dealkylation sites (N-methyl/N-ethyl adjacent to an activating group) is 2. The number of aromatic nitrogens is 2. The molecule has 97 heavy (non-hydrogen) atoms. The lowest BCUT2D eigenvalue weighted by Crippen LogP contribution is -2.60. The normalized spacial score (nSPS) is 16.5. The Morgan fingerprint density at radius 1 is 0.722 bits per heavy atom. The highest BCUT2D eigenvalue weighted by Crippen LogP contribution is 2.31. The summed E-state index contributed by atoms with van der Waals surface area (Å²) in [6.07, 6.45) is 3.15. The molecule has 12 atom stereocenters. The molecule has 2 heterocycles. The van der Waals surface area contributed by atoms with E-state index in [0.717, 1.165) is 11.8 Å². The lowest BCUT2D eigenvalue weighted by Gasteiger charge is -2.41. The number of anilines is 1. The maximum atomic E-state index is 14.8. The summed E-state index contributed by atoms with van der Waals surface area (Å²) in [6, 6.07) is 18.9. The molecule has 0 bridgehead atoms. The first-order chi connectivity index (χ1) is 45.9. The highest BCUT2D eigenvalue weighted by Gasteiger charge is 2.44. The number of ether oxygens (including phenoxy) is 3. The third-order valence-corrected chi connectivity index (χ3v) is 18.6. The lowest BCUT2D eigenvalue weighted by atomic mass is 9.89. The Morgan fingerprint density at radius 3 is 1.91 bits per heavy atom. The van der Waals surface area contributed by atoms with Crippen molar-refractivity contribution >= 4 is 63.0 Å². The quantitative estimate of drug-likeness (QED) is 0.0159. The van der Waals surface area contributed by atoms with Gasteiger partial charge in [0.2, 0.25) is 56.3 Å². The molecule has 24 nitrogen and oxygen atoms in total. The van der Waals surface area contributed by atoms with E-state index in [1.165, 1.54) is 38.6 Å². The molecule has 0 unspecified atom stereocenters. The number of amides is 8. The van der Waals surface area contributed by atoms with E-state index >= 15 is 0 Å². The highest BCUT2D eigenvalue weighted by molar-refractivity contribution is 7.90. The average molecular weight is 1360 g/mol. The van der Waals surface area contributed by atoms with Gasteiger partial charge < -0.3 is 55.7 Å². The number of hydrogen-bond acceptors (Lipinski definition) is 16. The second kappa shape index (κ2) is 38.0. The van der Waals surface area contributed by atoms with Crippen LogP contribution in [0.25, 0.3) is 0 Å². The fraction of sp³-hybridized carbons (Fsp3) is 0.556. The summed E-state index contributed by atoms with van der Waals surface area (Å²) in [6.45, 7) is 18.4. The zero-order valence-electron chi connectivity index (χ0n) is 58.9. The molecule has 1 saturated heterocycles. The van der Waals surface area contributed by atoms with Gasteiger partial charge in [-0.15, -0.1) is 0 Å². The van der Waals surface area contributed by atoms with E-state index in [2.05, 4.69) is 48.4 Å². The number of rotatable bonds is 34. The van der Waals surface area contributed by atoms with Crippen molar-refractivity contribution in [3.63, 3.8) is 0 Å². The number of likely N-dealkylation sites (tertiary alicyclic amines) is 1. The molecule has 0 saturated carbocycles. The van der Waals surface area contributed by atoms with Gasteiger partial charge in [-0.3, -0.25) is 38.5 Å². The number of nitrogens with one attached hydrogen (secondary N) is 5. The van der Waals surface area contributed by atoms with E-state index in [-0.39, 0.29) is 60.6 Å². The predicted molar refractivity (Wildman–Crippen MR) is 368 cm³/mol. The molecular weight excluding hydrogens is 1260 g/mol. The molecule has 0 spiro atoms. The van der Waals surface area contributed by atoms with E-state index in [0.29, 0.717) is 61.0 Å². The van der Waals surface area contributed by atoms with Crippen LogP contribution in [0.4, 0.5) is 10.5 Å². The number of benzene rings is 3. The Balaban J connectivity index is 1.18. The largest absolute Gasteiger partial charge is 0.445 e. The molecule has 1 aromatic heterocycles. The number of aliphatic hydroxyl groups is 1. The highest BCUT2D eigenvalue weighted by atomic mass is 32.2. The summed E-state index contributed by atoms with van der Waals surface area (Å²) in [5.74, 6) is 0.696. The van der Waals surface area contributed by atoms with E-state index in [9.17, 15) is 51.9 Å². The molecule has 0 aliphatic carbocycles. The number of carbonyl (C=O) groups is 8. The zero-order chi connectivity index (χ0) is 71.8. The van der Waals surface area contributed by atoms with Crippen LogP contribution in [0, 0.1) is 41.4 Å². The number of unbranched alkanes of at least 4 members (excludes halogenated alkanes) is 1. The van der Waals surface area contributed by atoms with E-state index in [1.54, 1.807) is 94.8 Å².